The first-order valence-electron chi connectivity index (χ1n) is 8.23. The van der Waals surface area contributed by atoms with Crippen molar-refractivity contribution in [2.24, 2.45) is 5.92 Å². The Balaban J connectivity index is 1.95. The molecule has 0 aliphatic heterocycles. The number of ether oxygens (including phenoxy) is 2. The fourth-order valence-electron chi connectivity index (χ4n) is 2.71. The number of hydrogen-bond acceptors (Lipinski definition) is 2. The van der Waals surface area contributed by atoms with Gasteiger partial charge < -0.3 is 9.47 Å². The molecule has 116 valence electrons. The lowest BCUT2D eigenvalue weighted by molar-refractivity contribution is -0.145. The Morgan fingerprint density at radius 1 is 1.05 bits per heavy atom. The van der Waals surface area contributed by atoms with Crippen molar-refractivity contribution in [3.63, 3.8) is 0 Å². The molecule has 1 aromatic rings. The van der Waals surface area contributed by atoms with Crippen LogP contribution < -0.4 is 4.74 Å². The summed E-state index contributed by atoms with van der Waals surface area (Å²) in [5.74, 6) is 1.21. The van der Waals surface area contributed by atoms with Crippen molar-refractivity contribution >= 4 is 6.08 Å². The molecule has 1 aliphatic rings. The van der Waals surface area contributed by atoms with Gasteiger partial charge in [-0.3, -0.25) is 0 Å². The fraction of sp³-hybridized carbons (Fsp3) is 0.579. The van der Waals surface area contributed by atoms with Crippen molar-refractivity contribution < 1.29 is 9.47 Å². The van der Waals surface area contributed by atoms with Crippen molar-refractivity contribution in [2.45, 2.75) is 64.8 Å². The zero-order valence-electron chi connectivity index (χ0n) is 13.4. The van der Waals surface area contributed by atoms with Gasteiger partial charge in [0.15, 0.2) is 0 Å². The molecule has 0 aromatic heterocycles. The van der Waals surface area contributed by atoms with E-state index in [-0.39, 0.29) is 6.29 Å². The van der Waals surface area contributed by atoms with Gasteiger partial charge in [0.25, 0.3) is 0 Å². The van der Waals surface area contributed by atoms with Gasteiger partial charge >= 0.3 is 0 Å². The van der Waals surface area contributed by atoms with Crippen LogP contribution in [0.25, 0.3) is 6.08 Å². The van der Waals surface area contributed by atoms with Gasteiger partial charge in [-0.1, -0.05) is 64.3 Å². The molecule has 1 aromatic carbocycles. The first-order chi connectivity index (χ1) is 10.2. The highest BCUT2D eigenvalue weighted by Crippen LogP contribution is 2.25. The molecule has 1 fully saturated rings. The van der Waals surface area contributed by atoms with Gasteiger partial charge in [0.05, 0.1) is 6.10 Å². The summed E-state index contributed by atoms with van der Waals surface area (Å²) in [7, 11) is 0. The third kappa shape index (κ3) is 5.20. The largest absolute Gasteiger partial charge is 0.465 e. The summed E-state index contributed by atoms with van der Waals surface area (Å²) in [5, 5.41) is 0. The predicted molar refractivity (Wildman–Crippen MR) is 88.4 cm³/mol. The molecule has 0 spiro atoms. The third-order valence-corrected chi connectivity index (χ3v) is 4.04. The lowest BCUT2D eigenvalue weighted by Crippen LogP contribution is -2.31. The second-order valence-corrected chi connectivity index (χ2v) is 6.25. The van der Waals surface area contributed by atoms with Gasteiger partial charge in [0.1, 0.15) is 5.75 Å². The Morgan fingerprint density at radius 2 is 1.67 bits per heavy atom. The summed E-state index contributed by atoms with van der Waals surface area (Å²) < 4.78 is 12.3. The van der Waals surface area contributed by atoms with Crippen LogP contribution >= 0.6 is 0 Å². The van der Waals surface area contributed by atoms with Gasteiger partial charge in [-0.2, -0.15) is 0 Å². The highest BCUT2D eigenvalue weighted by atomic mass is 16.7. The molecule has 0 radical (unpaired) electrons. The van der Waals surface area contributed by atoms with E-state index in [1.807, 2.05) is 30.3 Å². The molecule has 1 saturated carbocycles. The van der Waals surface area contributed by atoms with E-state index < -0.39 is 0 Å². The van der Waals surface area contributed by atoms with Gasteiger partial charge in [0.2, 0.25) is 6.29 Å². The van der Waals surface area contributed by atoms with Crippen LogP contribution in [0.1, 0.15) is 57.9 Å². The fourth-order valence-corrected chi connectivity index (χ4v) is 2.71. The lowest BCUT2D eigenvalue weighted by Gasteiger charge is -2.27. The van der Waals surface area contributed by atoms with E-state index >= 15 is 0 Å². The quantitative estimate of drug-likeness (QED) is 0.513. The molecule has 0 amide bonds. The monoisotopic (exact) mass is 288 g/mol. The minimum absolute atomic E-state index is 0.164. The average Bonchev–Trinajstić information content (AvgIpc) is 2.76. The molecular formula is C19H28O2. The van der Waals surface area contributed by atoms with Crippen molar-refractivity contribution in [1.82, 2.24) is 0 Å². The molecule has 21 heavy (non-hydrogen) atoms. The van der Waals surface area contributed by atoms with Crippen LogP contribution in [0.2, 0.25) is 0 Å². The molecule has 0 heterocycles. The molecule has 0 N–H and O–H groups in total. The normalized spacial score (nSPS) is 18.2. The van der Waals surface area contributed by atoms with E-state index in [2.05, 4.69) is 20.4 Å². The van der Waals surface area contributed by atoms with Gasteiger partial charge in [-0.25, -0.2) is 0 Å². The second kappa shape index (κ2) is 8.23. The zero-order valence-corrected chi connectivity index (χ0v) is 13.4. The molecule has 0 saturated heterocycles. The Kier molecular flexibility index (Phi) is 6.31. The summed E-state index contributed by atoms with van der Waals surface area (Å²) in [6.07, 6.45) is 9.62. The number of hydrogen-bond donors (Lipinski definition) is 0. The van der Waals surface area contributed by atoms with Crippen LogP contribution in [0.5, 0.6) is 5.75 Å². The Hall–Kier alpha value is -1.28. The smallest absolute Gasteiger partial charge is 0.202 e. The standard InChI is InChI=1S/C19H28O2/c1-4-16-11-13-18(14-12-16)21-19(15(2)3)20-17-9-7-5-6-8-10-17/h4,11-15,17,19H,1,5-10H2,2-3H3. The maximum absolute atomic E-state index is 6.25. The van der Waals surface area contributed by atoms with Gasteiger partial charge in [-0.05, 0) is 30.5 Å². The summed E-state index contributed by atoms with van der Waals surface area (Å²) in [5.41, 5.74) is 1.10. The van der Waals surface area contributed by atoms with Crippen LogP contribution in [0.3, 0.4) is 0 Å². The molecule has 1 unspecified atom stereocenters. The minimum atomic E-state index is -0.164. The van der Waals surface area contributed by atoms with Crippen LogP contribution in [0, 0.1) is 5.92 Å². The molecular weight excluding hydrogens is 260 g/mol. The van der Waals surface area contributed by atoms with Crippen LogP contribution in [0.4, 0.5) is 0 Å². The molecule has 2 rings (SSSR count). The van der Waals surface area contributed by atoms with E-state index in [0.29, 0.717) is 12.0 Å². The van der Waals surface area contributed by atoms with Crippen molar-refractivity contribution in [3.8, 4) is 5.75 Å². The van der Waals surface area contributed by atoms with E-state index in [0.717, 1.165) is 11.3 Å². The van der Waals surface area contributed by atoms with E-state index in [1.54, 1.807) is 0 Å². The maximum atomic E-state index is 6.25. The summed E-state index contributed by atoms with van der Waals surface area (Å²) in [6, 6.07) is 8.02. The zero-order chi connectivity index (χ0) is 15.1. The Morgan fingerprint density at radius 3 is 2.19 bits per heavy atom. The second-order valence-electron chi connectivity index (χ2n) is 6.25. The molecule has 0 bridgehead atoms. The van der Waals surface area contributed by atoms with Crippen molar-refractivity contribution in [3.05, 3.63) is 36.4 Å². The number of benzene rings is 1. The lowest BCUT2D eigenvalue weighted by atomic mass is 10.1. The van der Waals surface area contributed by atoms with E-state index in [1.165, 1.54) is 38.5 Å². The third-order valence-electron chi connectivity index (χ3n) is 4.04. The van der Waals surface area contributed by atoms with E-state index in [4.69, 9.17) is 9.47 Å². The highest BCUT2D eigenvalue weighted by Gasteiger charge is 2.22. The van der Waals surface area contributed by atoms with E-state index in [9.17, 15) is 0 Å². The molecule has 1 atom stereocenters. The van der Waals surface area contributed by atoms with Gasteiger partial charge in [0, 0.05) is 5.92 Å². The molecule has 2 heteroatoms. The maximum Gasteiger partial charge on any atom is 0.202 e. The molecule has 1 aliphatic carbocycles. The highest BCUT2D eigenvalue weighted by molar-refractivity contribution is 5.48. The van der Waals surface area contributed by atoms with Crippen molar-refractivity contribution in [1.29, 1.82) is 0 Å². The van der Waals surface area contributed by atoms with Crippen molar-refractivity contribution in [2.75, 3.05) is 0 Å². The van der Waals surface area contributed by atoms with Crippen LogP contribution in [-0.2, 0) is 4.74 Å². The number of rotatable bonds is 6. The SMILES string of the molecule is C=Cc1ccc(OC(OC2CCCCCC2)C(C)C)cc1. The first kappa shape index (κ1) is 16.1. The summed E-state index contributed by atoms with van der Waals surface area (Å²) >= 11 is 0. The first-order valence-corrected chi connectivity index (χ1v) is 8.23. The van der Waals surface area contributed by atoms with Crippen LogP contribution in [-0.4, -0.2) is 12.4 Å². The Bertz CT molecular complexity index is 414. The molecule has 2 nitrogen and oxygen atoms in total. The summed E-state index contributed by atoms with van der Waals surface area (Å²) in [6.45, 7) is 8.07. The van der Waals surface area contributed by atoms with Gasteiger partial charge in [-0.15, -0.1) is 0 Å². The minimum Gasteiger partial charge on any atom is -0.465 e. The van der Waals surface area contributed by atoms with Crippen LogP contribution in [0.15, 0.2) is 30.8 Å². The predicted octanol–water partition coefficient (Wildman–Crippen LogP) is 5.43. The Labute approximate surface area is 129 Å². The summed E-state index contributed by atoms with van der Waals surface area (Å²) in [4.78, 5) is 0. The topological polar surface area (TPSA) is 18.5 Å². The average molecular weight is 288 g/mol.